The Morgan fingerprint density at radius 1 is 0.260 bits per heavy atom. The fourth-order valence-electron chi connectivity index (χ4n) is 8.21. The van der Waals surface area contributed by atoms with Crippen LogP contribution in [0.25, 0.3) is 110 Å². The third-order valence-corrected chi connectivity index (χ3v) is 10.4. The molecule has 0 saturated carbocycles. The van der Waals surface area contributed by atoms with Gasteiger partial charge in [-0.3, -0.25) is 0 Å². The van der Waals surface area contributed by atoms with E-state index in [1.807, 2.05) is 24.3 Å². The Hall–Kier alpha value is -6.64. The molecule has 11 rings (SSSR count). The number of para-hydroxylation sites is 2. The summed E-state index contributed by atoms with van der Waals surface area (Å²) in [4.78, 5) is 0. The van der Waals surface area contributed by atoms with Gasteiger partial charge in [0.15, 0.2) is 0 Å². The van der Waals surface area contributed by atoms with Gasteiger partial charge >= 0.3 is 0 Å². The van der Waals surface area contributed by atoms with Crippen LogP contribution in [0.1, 0.15) is 0 Å². The second kappa shape index (κ2) is 10.4. The molecule has 0 unspecified atom stereocenters. The zero-order valence-electron chi connectivity index (χ0n) is 27.0. The van der Waals surface area contributed by atoms with Gasteiger partial charge in [-0.15, -0.1) is 0 Å². The predicted octanol–water partition coefficient (Wildman–Crippen LogP) is 13.9. The SMILES string of the molecule is c1ccc(-c2c3ccccc3c(-c3ccc4cc(-c5c6oc7ccccc7c6cc6c5oc5ccccc56)ccc4c3)c3ccccc23)cc1. The van der Waals surface area contributed by atoms with E-state index < -0.39 is 0 Å². The lowest BCUT2D eigenvalue weighted by Gasteiger charge is -2.18. The highest BCUT2D eigenvalue weighted by Gasteiger charge is 2.22. The van der Waals surface area contributed by atoms with Crippen LogP contribution in [0.5, 0.6) is 0 Å². The van der Waals surface area contributed by atoms with Gasteiger partial charge in [-0.25, -0.2) is 0 Å². The van der Waals surface area contributed by atoms with Crippen LogP contribution in [0.2, 0.25) is 0 Å². The average Bonchev–Trinajstić information content (AvgIpc) is 3.74. The van der Waals surface area contributed by atoms with Gasteiger partial charge in [0, 0.05) is 21.5 Å². The number of hydrogen-bond acceptors (Lipinski definition) is 2. The summed E-state index contributed by atoms with van der Waals surface area (Å²) in [5.74, 6) is 0. The lowest BCUT2D eigenvalue weighted by Crippen LogP contribution is -1.91. The van der Waals surface area contributed by atoms with Crippen LogP contribution in [0.3, 0.4) is 0 Å². The molecule has 0 N–H and O–H groups in total. The second-order valence-corrected chi connectivity index (χ2v) is 13.2. The predicted molar refractivity (Wildman–Crippen MR) is 210 cm³/mol. The Bertz CT molecular complexity index is 3000. The molecule has 2 heterocycles. The molecular weight excluding hydrogens is 609 g/mol. The molecular formula is C48H28O2. The topological polar surface area (TPSA) is 26.3 Å². The Morgan fingerprint density at radius 3 is 1.16 bits per heavy atom. The van der Waals surface area contributed by atoms with Gasteiger partial charge in [0.2, 0.25) is 0 Å². The maximum absolute atomic E-state index is 6.59. The molecule has 0 amide bonds. The van der Waals surface area contributed by atoms with E-state index in [1.165, 1.54) is 49.2 Å². The summed E-state index contributed by atoms with van der Waals surface area (Å²) in [6, 6.07) is 60.8. The molecule has 0 bridgehead atoms. The minimum absolute atomic E-state index is 0.852. The van der Waals surface area contributed by atoms with Gasteiger partial charge in [0.1, 0.15) is 22.3 Å². The molecule has 2 aromatic heterocycles. The Morgan fingerprint density at radius 2 is 0.660 bits per heavy atom. The summed E-state index contributed by atoms with van der Waals surface area (Å²) in [5, 5.41) is 11.8. The maximum atomic E-state index is 6.59. The lowest BCUT2D eigenvalue weighted by molar-refractivity contribution is 0.658. The van der Waals surface area contributed by atoms with Crippen molar-refractivity contribution in [3.8, 4) is 33.4 Å². The number of rotatable bonds is 3. The van der Waals surface area contributed by atoms with Crippen molar-refractivity contribution in [1.82, 2.24) is 0 Å². The average molecular weight is 637 g/mol. The molecule has 0 radical (unpaired) electrons. The van der Waals surface area contributed by atoms with Crippen LogP contribution in [-0.2, 0) is 0 Å². The van der Waals surface area contributed by atoms with Crippen molar-refractivity contribution < 1.29 is 8.83 Å². The Labute approximate surface area is 287 Å². The minimum atomic E-state index is 0.852. The fraction of sp³-hybridized carbons (Fsp3) is 0. The summed E-state index contributed by atoms with van der Waals surface area (Å²) in [6.45, 7) is 0. The van der Waals surface area contributed by atoms with Crippen molar-refractivity contribution in [2.24, 2.45) is 0 Å². The highest BCUT2D eigenvalue weighted by Crippen LogP contribution is 2.46. The molecule has 2 heteroatoms. The molecule has 0 fully saturated rings. The summed E-state index contributed by atoms with van der Waals surface area (Å²) in [6.07, 6.45) is 0. The van der Waals surface area contributed by atoms with Crippen molar-refractivity contribution in [3.63, 3.8) is 0 Å². The van der Waals surface area contributed by atoms with E-state index in [9.17, 15) is 0 Å². The number of fused-ring (bicyclic) bond motifs is 9. The van der Waals surface area contributed by atoms with Gasteiger partial charge in [-0.2, -0.15) is 0 Å². The zero-order chi connectivity index (χ0) is 32.8. The molecule has 0 aliphatic rings. The minimum Gasteiger partial charge on any atom is -0.455 e. The zero-order valence-corrected chi connectivity index (χ0v) is 27.0. The van der Waals surface area contributed by atoms with E-state index in [4.69, 9.17) is 8.83 Å². The molecule has 0 atom stereocenters. The highest BCUT2D eigenvalue weighted by molar-refractivity contribution is 6.23. The summed E-state index contributed by atoms with van der Waals surface area (Å²) in [5.41, 5.74) is 10.5. The maximum Gasteiger partial charge on any atom is 0.147 e. The van der Waals surface area contributed by atoms with Gasteiger partial charge in [-0.1, -0.05) is 140 Å². The van der Waals surface area contributed by atoms with Crippen LogP contribution in [0.4, 0.5) is 0 Å². The van der Waals surface area contributed by atoms with E-state index in [0.29, 0.717) is 0 Å². The smallest absolute Gasteiger partial charge is 0.147 e. The van der Waals surface area contributed by atoms with Crippen LogP contribution >= 0.6 is 0 Å². The first kappa shape index (κ1) is 27.3. The highest BCUT2D eigenvalue weighted by atomic mass is 16.3. The first-order valence-electron chi connectivity index (χ1n) is 17.1. The second-order valence-electron chi connectivity index (χ2n) is 13.2. The molecule has 9 aromatic carbocycles. The van der Waals surface area contributed by atoms with Gasteiger partial charge in [-0.05, 0) is 90.5 Å². The van der Waals surface area contributed by atoms with E-state index in [2.05, 4.69) is 146 Å². The lowest BCUT2D eigenvalue weighted by atomic mass is 9.85. The van der Waals surface area contributed by atoms with Gasteiger partial charge < -0.3 is 8.83 Å². The quantitative estimate of drug-likeness (QED) is 0.180. The number of benzene rings is 9. The van der Waals surface area contributed by atoms with Gasteiger partial charge in [0.25, 0.3) is 0 Å². The summed E-state index contributed by atoms with van der Waals surface area (Å²) < 4.78 is 13.2. The van der Waals surface area contributed by atoms with Crippen LogP contribution in [0.15, 0.2) is 179 Å². The van der Waals surface area contributed by atoms with E-state index in [0.717, 1.165) is 60.4 Å². The van der Waals surface area contributed by atoms with E-state index in [1.54, 1.807) is 0 Å². The number of furan rings is 2. The third kappa shape index (κ3) is 3.90. The van der Waals surface area contributed by atoms with Crippen molar-refractivity contribution >= 4 is 76.2 Å². The normalized spacial score (nSPS) is 12.0. The van der Waals surface area contributed by atoms with Crippen LogP contribution < -0.4 is 0 Å². The largest absolute Gasteiger partial charge is 0.455 e. The molecule has 0 aliphatic carbocycles. The third-order valence-electron chi connectivity index (χ3n) is 10.4. The van der Waals surface area contributed by atoms with Crippen molar-refractivity contribution in [1.29, 1.82) is 0 Å². The fourth-order valence-corrected chi connectivity index (χ4v) is 8.21. The van der Waals surface area contributed by atoms with E-state index >= 15 is 0 Å². The molecule has 2 nitrogen and oxygen atoms in total. The molecule has 0 saturated heterocycles. The molecule has 11 aromatic rings. The standard InChI is InChI=1S/C48H28O2/c1-2-12-29(13-3-1)44-36-16-4-6-18-38(36)45(39-19-7-5-17-37(39)44)32-24-22-31-27-33(25-23-30(31)26-32)46-47-40(34-14-8-10-20-42(34)49-47)28-41-35-15-9-11-21-43(35)50-48(41)46/h1-28H. The van der Waals surface area contributed by atoms with Gasteiger partial charge in [0.05, 0.1) is 5.56 Å². The number of hydrogen-bond donors (Lipinski definition) is 0. The first-order valence-corrected chi connectivity index (χ1v) is 17.1. The molecule has 0 spiro atoms. The monoisotopic (exact) mass is 636 g/mol. The van der Waals surface area contributed by atoms with E-state index in [-0.39, 0.29) is 0 Å². The molecule has 50 heavy (non-hydrogen) atoms. The van der Waals surface area contributed by atoms with Crippen LogP contribution in [-0.4, -0.2) is 0 Å². The van der Waals surface area contributed by atoms with Crippen molar-refractivity contribution in [2.45, 2.75) is 0 Å². The van der Waals surface area contributed by atoms with Crippen LogP contribution in [0, 0.1) is 0 Å². The summed E-state index contributed by atoms with van der Waals surface area (Å²) >= 11 is 0. The van der Waals surface area contributed by atoms with Crippen molar-refractivity contribution in [3.05, 3.63) is 170 Å². The molecule has 0 aliphatic heterocycles. The Balaban J connectivity index is 1.14. The molecule has 232 valence electrons. The first-order chi connectivity index (χ1) is 24.8. The van der Waals surface area contributed by atoms with Crippen molar-refractivity contribution in [2.75, 3.05) is 0 Å². The summed E-state index contributed by atoms with van der Waals surface area (Å²) in [7, 11) is 0. The Kier molecular flexibility index (Phi) is 5.70.